The first-order valence-corrected chi connectivity index (χ1v) is 9.86. The van der Waals surface area contributed by atoms with E-state index in [0.29, 0.717) is 6.04 Å². The molecule has 0 aliphatic carbocycles. The normalized spacial score (nSPS) is 14.4. The van der Waals surface area contributed by atoms with Gasteiger partial charge in [-0.05, 0) is 24.8 Å². The van der Waals surface area contributed by atoms with Gasteiger partial charge in [0.1, 0.15) is 0 Å². The van der Waals surface area contributed by atoms with Gasteiger partial charge >= 0.3 is 8.80 Å². The first kappa shape index (κ1) is 23.3. The predicted octanol–water partition coefficient (Wildman–Crippen LogP) is 2.82. The van der Waals surface area contributed by atoms with E-state index in [0.717, 1.165) is 19.3 Å². The maximum Gasteiger partial charge on any atom is 0.500 e. The Kier molecular flexibility index (Phi) is 12.2. The van der Waals surface area contributed by atoms with E-state index in [2.05, 4.69) is 24.3 Å². The van der Waals surface area contributed by atoms with Crippen molar-refractivity contribution in [2.24, 2.45) is 11.5 Å². The van der Waals surface area contributed by atoms with Gasteiger partial charge in [0.25, 0.3) is 0 Å². The molecule has 2 unspecified atom stereocenters. The zero-order chi connectivity index (χ0) is 17.1. The highest BCUT2D eigenvalue weighted by molar-refractivity contribution is 6.60. The fraction of sp³-hybridized carbons (Fsp3) is 0.529. The summed E-state index contributed by atoms with van der Waals surface area (Å²) >= 11 is 0. The zero-order valence-corrected chi connectivity index (χ0v) is 16.6. The summed E-state index contributed by atoms with van der Waals surface area (Å²) in [5.41, 5.74) is 13.5. The fourth-order valence-corrected chi connectivity index (χ4v) is 4.30. The fourth-order valence-electron chi connectivity index (χ4n) is 2.46. The zero-order valence-electron chi connectivity index (χ0n) is 14.8. The molecule has 1 aromatic carbocycles. The molecule has 0 spiro atoms. The third-order valence-corrected chi connectivity index (χ3v) is 6.68. The summed E-state index contributed by atoms with van der Waals surface area (Å²) in [5, 5.41) is 0. The molecule has 0 bridgehead atoms. The molecule has 4 N–H and O–H groups in total. The van der Waals surface area contributed by atoms with E-state index in [1.165, 1.54) is 5.56 Å². The van der Waals surface area contributed by atoms with Crippen LogP contribution < -0.4 is 11.5 Å². The second kappa shape index (κ2) is 12.6. The number of hydrogen-bond donors (Lipinski definition) is 2. The Labute approximate surface area is 153 Å². The van der Waals surface area contributed by atoms with E-state index < -0.39 is 8.80 Å². The Bertz CT molecular complexity index is 450. The van der Waals surface area contributed by atoms with Crippen LogP contribution in [0.15, 0.2) is 36.4 Å². The molecular formula is C17H31ClN2O3Si. The van der Waals surface area contributed by atoms with Crippen LogP contribution in [0.1, 0.15) is 24.8 Å². The SMILES string of the molecule is CO[Si](CCC(N)CC(N)CC=Cc1ccccc1)(OC)OC.Cl. The van der Waals surface area contributed by atoms with Crippen LogP contribution in [0.4, 0.5) is 0 Å². The number of hydrogen-bond acceptors (Lipinski definition) is 5. The Morgan fingerprint density at radius 1 is 1.00 bits per heavy atom. The van der Waals surface area contributed by atoms with Gasteiger partial charge in [-0.15, -0.1) is 12.4 Å². The quantitative estimate of drug-likeness (QED) is 0.582. The standard InChI is InChI=1S/C17H30N2O3Si.ClH/c1-20-23(21-2,22-3)13-12-17(19)14-16(18)11-7-10-15-8-5-4-6-9-15;/h4-10,16-17H,11-14,18-19H2,1-3H3;1H. The van der Waals surface area contributed by atoms with E-state index in [-0.39, 0.29) is 24.5 Å². The van der Waals surface area contributed by atoms with Gasteiger partial charge < -0.3 is 24.7 Å². The average Bonchev–Trinajstić information content (AvgIpc) is 2.57. The topological polar surface area (TPSA) is 79.7 Å². The van der Waals surface area contributed by atoms with Gasteiger partial charge in [0.15, 0.2) is 0 Å². The van der Waals surface area contributed by atoms with Crippen LogP contribution in [0.25, 0.3) is 6.08 Å². The van der Waals surface area contributed by atoms with Crippen molar-refractivity contribution < 1.29 is 13.3 Å². The molecule has 138 valence electrons. The van der Waals surface area contributed by atoms with Crippen molar-refractivity contribution >= 4 is 27.3 Å². The molecule has 0 fully saturated rings. The van der Waals surface area contributed by atoms with E-state index in [9.17, 15) is 0 Å². The number of rotatable bonds is 11. The summed E-state index contributed by atoms with van der Waals surface area (Å²) in [7, 11) is 2.31. The van der Waals surface area contributed by atoms with E-state index >= 15 is 0 Å². The molecule has 0 amide bonds. The highest BCUT2D eigenvalue weighted by Gasteiger charge is 2.37. The van der Waals surface area contributed by atoms with Crippen LogP contribution in [0.5, 0.6) is 0 Å². The predicted molar refractivity (Wildman–Crippen MR) is 104 cm³/mol. The van der Waals surface area contributed by atoms with Gasteiger partial charge in [0.2, 0.25) is 0 Å². The Balaban J connectivity index is 0.00000529. The number of benzene rings is 1. The van der Waals surface area contributed by atoms with Crippen molar-refractivity contribution in [2.75, 3.05) is 21.3 Å². The van der Waals surface area contributed by atoms with Gasteiger partial charge in [-0.2, -0.15) is 0 Å². The molecule has 0 heterocycles. The smallest absolute Gasteiger partial charge is 0.377 e. The van der Waals surface area contributed by atoms with Crippen molar-refractivity contribution in [1.29, 1.82) is 0 Å². The summed E-state index contributed by atoms with van der Waals surface area (Å²) in [6, 6.07) is 10.9. The number of nitrogens with two attached hydrogens (primary N) is 2. The molecule has 2 atom stereocenters. The first-order valence-electron chi connectivity index (χ1n) is 7.93. The van der Waals surface area contributed by atoms with Crippen LogP contribution in [-0.2, 0) is 13.3 Å². The van der Waals surface area contributed by atoms with Gasteiger partial charge in [-0.1, -0.05) is 42.5 Å². The average molecular weight is 375 g/mol. The van der Waals surface area contributed by atoms with E-state index in [4.69, 9.17) is 24.7 Å². The molecule has 0 radical (unpaired) electrons. The summed E-state index contributed by atoms with van der Waals surface area (Å²) < 4.78 is 16.2. The molecule has 5 nitrogen and oxygen atoms in total. The van der Waals surface area contributed by atoms with Gasteiger partial charge in [0.05, 0.1) is 0 Å². The summed E-state index contributed by atoms with van der Waals surface area (Å²) in [6.07, 6.45) is 6.54. The minimum atomic E-state index is -2.54. The molecule has 0 aliphatic rings. The largest absolute Gasteiger partial charge is 0.500 e. The molecule has 0 saturated carbocycles. The number of halogens is 1. The van der Waals surface area contributed by atoms with Crippen LogP contribution in [0.2, 0.25) is 6.04 Å². The lowest BCUT2D eigenvalue weighted by Gasteiger charge is -2.26. The van der Waals surface area contributed by atoms with Gasteiger partial charge in [-0.3, -0.25) is 0 Å². The molecule has 0 saturated heterocycles. The molecule has 1 rings (SSSR count). The van der Waals surface area contributed by atoms with Crippen molar-refractivity contribution in [2.45, 2.75) is 37.4 Å². The summed E-state index contributed by atoms with van der Waals surface area (Å²) in [4.78, 5) is 0. The van der Waals surface area contributed by atoms with Crippen LogP contribution in [0.3, 0.4) is 0 Å². The van der Waals surface area contributed by atoms with Gasteiger partial charge in [0, 0.05) is 39.5 Å². The van der Waals surface area contributed by atoms with Crippen LogP contribution in [-0.4, -0.2) is 42.2 Å². The molecule has 0 aliphatic heterocycles. The highest BCUT2D eigenvalue weighted by atomic mass is 35.5. The van der Waals surface area contributed by atoms with Crippen LogP contribution in [0, 0.1) is 0 Å². The van der Waals surface area contributed by atoms with E-state index in [1.54, 1.807) is 21.3 Å². The highest BCUT2D eigenvalue weighted by Crippen LogP contribution is 2.17. The summed E-state index contributed by atoms with van der Waals surface area (Å²) in [6.45, 7) is 0. The first-order chi connectivity index (χ1) is 11.0. The molecule has 1 aromatic rings. The second-order valence-corrected chi connectivity index (χ2v) is 8.73. The monoisotopic (exact) mass is 374 g/mol. The lowest BCUT2D eigenvalue weighted by molar-refractivity contribution is 0.122. The Morgan fingerprint density at radius 2 is 1.58 bits per heavy atom. The van der Waals surface area contributed by atoms with Crippen molar-refractivity contribution in [3.05, 3.63) is 42.0 Å². The minimum Gasteiger partial charge on any atom is -0.377 e. The van der Waals surface area contributed by atoms with Crippen LogP contribution >= 0.6 is 12.4 Å². The maximum atomic E-state index is 6.18. The van der Waals surface area contributed by atoms with Crippen molar-refractivity contribution in [3.8, 4) is 0 Å². The Hall–Kier alpha value is -0.733. The van der Waals surface area contributed by atoms with Crippen molar-refractivity contribution in [3.63, 3.8) is 0 Å². The Morgan fingerprint density at radius 3 is 2.12 bits per heavy atom. The summed E-state index contributed by atoms with van der Waals surface area (Å²) in [5.74, 6) is 0. The van der Waals surface area contributed by atoms with E-state index in [1.807, 2.05) is 18.2 Å². The van der Waals surface area contributed by atoms with Gasteiger partial charge in [-0.25, -0.2) is 0 Å². The third kappa shape index (κ3) is 8.39. The van der Waals surface area contributed by atoms with Crippen molar-refractivity contribution in [1.82, 2.24) is 0 Å². The lowest BCUT2D eigenvalue weighted by atomic mass is 10.0. The third-order valence-electron chi connectivity index (χ3n) is 3.91. The molecular weight excluding hydrogens is 344 g/mol. The molecule has 0 aromatic heterocycles. The lowest BCUT2D eigenvalue weighted by Crippen LogP contribution is -2.44. The second-order valence-electron chi connectivity index (χ2n) is 5.64. The maximum absolute atomic E-state index is 6.18. The minimum absolute atomic E-state index is 0. The molecule has 7 heteroatoms. The molecule has 24 heavy (non-hydrogen) atoms.